The number of para-hydroxylation sites is 4. The Hall–Kier alpha value is -7.96. The Morgan fingerprint density at radius 3 is 1.53 bits per heavy atom. The minimum Gasteiger partial charge on any atom is -0.456 e. The number of rotatable bonds is 4. The van der Waals surface area contributed by atoms with Gasteiger partial charge in [0.1, 0.15) is 39.0 Å². The van der Waals surface area contributed by atoms with Crippen LogP contribution in [0.25, 0.3) is 127 Å². The summed E-state index contributed by atoms with van der Waals surface area (Å²) in [5.74, 6) is 0. The maximum atomic E-state index is 6.44. The molecule has 5 aromatic heterocycles. The summed E-state index contributed by atoms with van der Waals surface area (Å²) in [6, 6.07) is 60.6. The first-order valence-corrected chi connectivity index (χ1v) is 19.4. The van der Waals surface area contributed by atoms with Gasteiger partial charge in [0, 0.05) is 54.5 Å². The Morgan fingerprint density at radius 1 is 0.362 bits per heavy atom. The molecule has 13 aromatic rings. The van der Waals surface area contributed by atoms with Crippen molar-refractivity contribution in [2.45, 2.75) is 0 Å². The van der Waals surface area contributed by atoms with Gasteiger partial charge in [-0.25, -0.2) is 9.97 Å². The fourth-order valence-corrected chi connectivity index (χ4v) is 9.04. The minimum atomic E-state index is 0.764. The van der Waals surface area contributed by atoms with Crippen LogP contribution in [-0.4, -0.2) is 14.5 Å². The van der Waals surface area contributed by atoms with Gasteiger partial charge in [0.2, 0.25) is 0 Å². The van der Waals surface area contributed by atoms with E-state index in [2.05, 4.69) is 114 Å². The van der Waals surface area contributed by atoms with Gasteiger partial charge in [0.25, 0.3) is 0 Å². The van der Waals surface area contributed by atoms with Crippen molar-refractivity contribution in [1.82, 2.24) is 14.5 Å². The zero-order chi connectivity index (χ0) is 37.9. The highest BCUT2D eigenvalue weighted by Crippen LogP contribution is 2.45. The van der Waals surface area contributed by atoms with E-state index in [0.717, 1.165) is 127 Å². The highest BCUT2D eigenvalue weighted by Gasteiger charge is 2.25. The Morgan fingerprint density at radius 2 is 0.862 bits per heavy atom. The molecule has 0 fully saturated rings. The Kier molecular flexibility index (Phi) is 6.35. The summed E-state index contributed by atoms with van der Waals surface area (Å²) in [6.45, 7) is 0. The van der Waals surface area contributed by atoms with Crippen molar-refractivity contribution in [3.05, 3.63) is 176 Å². The molecule has 0 aliphatic rings. The molecule has 0 atom stereocenters. The van der Waals surface area contributed by atoms with Crippen LogP contribution in [0.3, 0.4) is 0 Å². The third kappa shape index (κ3) is 4.42. The van der Waals surface area contributed by atoms with Crippen LogP contribution in [0, 0.1) is 0 Å². The molecular formula is C52H29N3O3. The van der Waals surface area contributed by atoms with Crippen molar-refractivity contribution in [2.24, 2.45) is 0 Å². The monoisotopic (exact) mass is 743 g/mol. The summed E-state index contributed by atoms with van der Waals surface area (Å²) in [5.41, 5.74) is 14.2. The van der Waals surface area contributed by atoms with Crippen LogP contribution < -0.4 is 0 Å². The van der Waals surface area contributed by atoms with E-state index in [1.165, 1.54) is 0 Å². The summed E-state index contributed by atoms with van der Waals surface area (Å²) in [6.07, 6.45) is 0. The topological polar surface area (TPSA) is 70.1 Å². The van der Waals surface area contributed by atoms with E-state index in [-0.39, 0.29) is 0 Å². The van der Waals surface area contributed by atoms with Gasteiger partial charge in [-0.15, -0.1) is 0 Å². The average Bonchev–Trinajstić information content (AvgIpc) is 4.04. The van der Waals surface area contributed by atoms with Crippen molar-refractivity contribution >= 4 is 87.9 Å². The number of aromatic nitrogens is 3. The van der Waals surface area contributed by atoms with E-state index < -0.39 is 0 Å². The third-order valence-corrected chi connectivity index (χ3v) is 11.6. The van der Waals surface area contributed by atoms with Crippen LogP contribution in [0.2, 0.25) is 0 Å². The lowest BCUT2D eigenvalue weighted by atomic mass is 9.96. The van der Waals surface area contributed by atoms with Crippen molar-refractivity contribution in [1.29, 1.82) is 0 Å². The van der Waals surface area contributed by atoms with Gasteiger partial charge in [0.15, 0.2) is 5.65 Å². The third-order valence-electron chi connectivity index (χ3n) is 11.6. The summed E-state index contributed by atoms with van der Waals surface area (Å²) in [4.78, 5) is 11.5. The number of nitrogens with zero attached hydrogens (tertiary/aromatic N) is 3. The van der Waals surface area contributed by atoms with Gasteiger partial charge in [-0.05, 0) is 77.9 Å². The first kappa shape index (κ1) is 31.3. The second-order valence-electron chi connectivity index (χ2n) is 14.9. The highest BCUT2D eigenvalue weighted by atomic mass is 16.3. The molecule has 0 spiro atoms. The molecule has 58 heavy (non-hydrogen) atoms. The molecule has 8 aromatic carbocycles. The molecule has 0 bridgehead atoms. The second kappa shape index (κ2) is 11.8. The van der Waals surface area contributed by atoms with Crippen LogP contribution in [0.1, 0.15) is 0 Å². The number of fused-ring (bicyclic) bond motifs is 12. The SMILES string of the molecule is c1ccc(-n2c3ccc(-c4ccc5oc6ccccc6c5c4)cc3c3nc(-c4cccc5oc6ccccc6c45)c(-c4cccc5oc6ccccc6c45)nc32)cc1. The van der Waals surface area contributed by atoms with Crippen LogP contribution in [0.15, 0.2) is 189 Å². The lowest BCUT2D eigenvalue weighted by Crippen LogP contribution is -2.00. The molecule has 0 radical (unpaired) electrons. The maximum absolute atomic E-state index is 6.44. The first-order valence-electron chi connectivity index (χ1n) is 19.4. The van der Waals surface area contributed by atoms with Crippen LogP contribution >= 0.6 is 0 Å². The minimum absolute atomic E-state index is 0.764. The van der Waals surface area contributed by atoms with Crippen LogP contribution in [-0.2, 0) is 0 Å². The second-order valence-corrected chi connectivity index (χ2v) is 14.9. The molecule has 13 rings (SSSR count). The van der Waals surface area contributed by atoms with E-state index in [4.69, 9.17) is 23.2 Å². The maximum Gasteiger partial charge on any atom is 0.165 e. The molecule has 270 valence electrons. The normalized spacial score (nSPS) is 12.1. The molecule has 0 aliphatic carbocycles. The standard InChI is InChI=1S/C52H29N3O3/c1-2-12-32(13-3-1)55-40-26-24-30(31-25-27-44-38(28-31)33-14-4-7-19-41(33)56-44)29-39(40)51-52(55)54-50(37-18-11-23-46-48(37)35-16-6-9-21-43(35)58-46)49(53-51)36-17-10-22-45-47(36)34-15-5-8-20-42(34)57-45/h1-29H. The van der Waals surface area contributed by atoms with E-state index >= 15 is 0 Å². The van der Waals surface area contributed by atoms with E-state index in [1.54, 1.807) is 0 Å². The fourth-order valence-electron chi connectivity index (χ4n) is 9.04. The van der Waals surface area contributed by atoms with Gasteiger partial charge in [-0.2, -0.15) is 0 Å². The Balaban J connectivity index is 1.16. The van der Waals surface area contributed by atoms with E-state index in [0.29, 0.717) is 0 Å². The fraction of sp³-hybridized carbons (Fsp3) is 0. The Bertz CT molecular complexity index is 3810. The van der Waals surface area contributed by atoms with Crippen molar-refractivity contribution in [2.75, 3.05) is 0 Å². The summed E-state index contributed by atoms with van der Waals surface area (Å²) in [5, 5.41) is 7.27. The van der Waals surface area contributed by atoms with E-state index in [1.807, 2.05) is 66.7 Å². The van der Waals surface area contributed by atoms with Gasteiger partial charge in [-0.1, -0.05) is 109 Å². The zero-order valence-electron chi connectivity index (χ0n) is 30.8. The van der Waals surface area contributed by atoms with Crippen molar-refractivity contribution in [3.8, 4) is 39.3 Å². The predicted octanol–water partition coefficient (Wildman–Crippen LogP) is 14.3. The first-order chi connectivity index (χ1) is 28.7. The highest BCUT2D eigenvalue weighted by molar-refractivity contribution is 6.18. The molecule has 0 aliphatic heterocycles. The van der Waals surface area contributed by atoms with Gasteiger partial charge >= 0.3 is 0 Å². The largest absolute Gasteiger partial charge is 0.456 e. The van der Waals surface area contributed by atoms with Crippen molar-refractivity contribution in [3.63, 3.8) is 0 Å². The summed E-state index contributed by atoms with van der Waals surface area (Å²) in [7, 11) is 0. The number of furan rings is 3. The zero-order valence-corrected chi connectivity index (χ0v) is 30.8. The molecule has 6 nitrogen and oxygen atoms in total. The summed E-state index contributed by atoms with van der Waals surface area (Å²) >= 11 is 0. The van der Waals surface area contributed by atoms with Gasteiger partial charge in [0.05, 0.1) is 16.9 Å². The number of benzene rings is 8. The molecule has 0 saturated carbocycles. The lowest BCUT2D eigenvalue weighted by molar-refractivity contribution is 0.668. The summed E-state index contributed by atoms with van der Waals surface area (Å²) < 4.78 is 21.3. The lowest BCUT2D eigenvalue weighted by Gasteiger charge is -2.13. The number of hydrogen-bond donors (Lipinski definition) is 0. The Labute approximate surface area is 329 Å². The van der Waals surface area contributed by atoms with Crippen molar-refractivity contribution < 1.29 is 13.3 Å². The van der Waals surface area contributed by atoms with Crippen LogP contribution in [0.5, 0.6) is 0 Å². The molecule has 6 heteroatoms. The smallest absolute Gasteiger partial charge is 0.165 e. The number of hydrogen-bond acceptors (Lipinski definition) is 5. The predicted molar refractivity (Wildman–Crippen MR) is 235 cm³/mol. The molecular weight excluding hydrogens is 715 g/mol. The molecule has 5 heterocycles. The molecule has 0 unspecified atom stereocenters. The van der Waals surface area contributed by atoms with Gasteiger partial charge in [-0.3, -0.25) is 4.57 Å². The molecule has 0 amide bonds. The van der Waals surface area contributed by atoms with E-state index in [9.17, 15) is 0 Å². The van der Waals surface area contributed by atoms with Gasteiger partial charge < -0.3 is 13.3 Å². The molecule has 0 N–H and O–H groups in total. The van der Waals surface area contributed by atoms with Crippen LogP contribution in [0.4, 0.5) is 0 Å². The average molecular weight is 744 g/mol. The quantitative estimate of drug-likeness (QED) is 0.179. The molecule has 0 saturated heterocycles.